The van der Waals surface area contributed by atoms with Gasteiger partial charge in [0.1, 0.15) is 11.6 Å². The number of ether oxygens (including phenoxy) is 1. The van der Waals surface area contributed by atoms with Crippen LogP contribution in [-0.4, -0.2) is 17.2 Å². The van der Waals surface area contributed by atoms with E-state index in [1.54, 1.807) is 13.0 Å². The molecule has 2 rings (SSSR count). The van der Waals surface area contributed by atoms with Gasteiger partial charge in [-0.05, 0) is 25.1 Å². The number of rotatable bonds is 2. The van der Waals surface area contributed by atoms with Gasteiger partial charge in [-0.3, -0.25) is 4.79 Å². The second-order valence-corrected chi connectivity index (χ2v) is 4.54. The number of benzene rings is 1. The number of nitriles is 1. The van der Waals surface area contributed by atoms with Crippen LogP contribution in [0, 0.1) is 18.3 Å². The molecule has 0 saturated heterocycles. The highest BCUT2D eigenvalue weighted by Gasteiger charge is 2.17. The van der Waals surface area contributed by atoms with Crippen LogP contribution in [0.15, 0.2) is 23.0 Å². The lowest BCUT2D eigenvalue weighted by molar-refractivity contribution is 0.374. The Hall–Kier alpha value is -2.45. The van der Waals surface area contributed by atoms with Crippen LogP contribution in [0.4, 0.5) is 0 Å². The average Bonchev–Trinajstić information content (AvgIpc) is 2.38. The number of hydrogen-bond donors (Lipinski definition) is 2. The average molecular weight is 291 g/mol. The number of H-pyrrole nitrogens is 1. The van der Waals surface area contributed by atoms with Crippen molar-refractivity contribution in [1.29, 1.82) is 5.26 Å². The maximum atomic E-state index is 11.8. The van der Waals surface area contributed by atoms with E-state index in [1.165, 1.54) is 19.2 Å². The zero-order valence-corrected chi connectivity index (χ0v) is 11.6. The van der Waals surface area contributed by atoms with Gasteiger partial charge in [0, 0.05) is 16.8 Å². The van der Waals surface area contributed by atoms with Crippen LogP contribution in [-0.2, 0) is 0 Å². The lowest BCUT2D eigenvalue weighted by atomic mass is 10.0. The summed E-state index contributed by atoms with van der Waals surface area (Å²) in [5.74, 6) is -0.00712. The Morgan fingerprint density at radius 1 is 1.40 bits per heavy atom. The fourth-order valence-electron chi connectivity index (χ4n) is 1.96. The zero-order chi connectivity index (χ0) is 14.9. The van der Waals surface area contributed by atoms with Gasteiger partial charge in [0.25, 0.3) is 5.56 Å². The van der Waals surface area contributed by atoms with E-state index in [9.17, 15) is 9.90 Å². The number of methoxy groups -OCH3 is 1. The molecule has 102 valence electrons. The van der Waals surface area contributed by atoms with Gasteiger partial charge in [-0.15, -0.1) is 0 Å². The molecule has 2 N–H and O–H groups in total. The highest BCUT2D eigenvalue weighted by atomic mass is 35.5. The first-order valence-corrected chi connectivity index (χ1v) is 6.07. The molecule has 0 spiro atoms. The molecule has 0 aliphatic carbocycles. The molecular formula is C14H11ClN2O3. The molecule has 1 aromatic carbocycles. The van der Waals surface area contributed by atoms with Crippen LogP contribution < -0.4 is 10.3 Å². The molecule has 6 heteroatoms. The normalized spacial score (nSPS) is 10.1. The smallest absolute Gasteiger partial charge is 0.266 e. The van der Waals surface area contributed by atoms with Crippen molar-refractivity contribution < 1.29 is 9.84 Å². The topological polar surface area (TPSA) is 86.1 Å². The van der Waals surface area contributed by atoms with Crippen LogP contribution in [0.1, 0.15) is 11.3 Å². The summed E-state index contributed by atoms with van der Waals surface area (Å²) >= 11 is 6.18. The summed E-state index contributed by atoms with van der Waals surface area (Å²) in [5, 5.41) is 18.9. The molecule has 1 heterocycles. The van der Waals surface area contributed by atoms with Gasteiger partial charge in [0.2, 0.25) is 0 Å². The minimum absolute atomic E-state index is 0.0368. The molecule has 0 aliphatic rings. The van der Waals surface area contributed by atoms with Crippen LogP contribution in [0.25, 0.3) is 11.1 Å². The Balaban J connectivity index is 2.83. The predicted molar refractivity (Wildman–Crippen MR) is 75.2 cm³/mol. The van der Waals surface area contributed by atoms with Crippen LogP contribution in [0.3, 0.4) is 0 Å². The molecule has 1 aromatic heterocycles. The second-order valence-electron chi connectivity index (χ2n) is 4.16. The van der Waals surface area contributed by atoms with Gasteiger partial charge in [0.05, 0.1) is 12.1 Å². The maximum absolute atomic E-state index is 11.8. The summed E-state index contributed by atoms with van der Waals surface area (Å²) in [7, 11) is 1.37. The van der Waals surface area contributed by atoms with E-state index in [2.05, 4.69) is 4.98 Å². The Morgan fingerprint density at radius 2 is 2.10 bits per heavy atom. The third-order valence-corrected chi connectivity index (χ3v) is 3.23. The Kier molecular flexibility index (Phi) is 3.68. The van der Waals surface area contributed by atoms with Crippen molar-refractivity contribution in [2.24, 2.45) is 0 Å². The fraction of sp³-hybridized carbons (Fsp3) is 0.143. The van der Waals surface area contributed by atoms with Crippen molar-refractivity contribution in [3.8, 4) is 28.7 Å². The fourth-order valence-corrected chi connectivity index (χ4v) is 2.30. The monoisotopic (exact) mass is 290 g/mol. The lowest BCUT2D eigenvalue weighted by Gasteiger charge is -2.12. The Morgan fingerprint density at radius 3 is 2.70 bits per heavy atom. The molecule has 20 heavy (non-hydrogen) atoms. The number of nitrogens with zero attached hydrogens (tertiary/aromatic N) is 1. The molecule has 0 atom stereocenters. The van der Waals surface area contributed by atoms with Gasteiger partial charge in [-0.25, -0.2) is 0 Å². The highest BCUT2D eigenvalue weighted by molar-refractivity contribution is 6.35. The molecule has 0 saturated carbocycles. The number of aryl methyl sites for hydroxylation is 1. The second kappa shape index (κ2) is 5.27. The molecule has 0 unspecified atom stereocenters. The first kappa shape index (κ1) is 14.0. The lowest BCUT2D eigenvalue weighted by Crippen LogP contribution is -2.12. The molecule has 0 bridgehead atoms. The number of halogens is 1. The van der Waals surface area contributed by atoms with Gasteiger partial charge in [-0.1, -0.05) is 11.6 Å². The summed E-state index contributed by atoms with van der Waals surface area (Å²) in [6.45, 7) is 1.71. The Labute approximate surface area is 120 Å². The van der Waals surface area contributed by atoms with E-state index in [0.717, 1.165) is 0 Å². The van der Waals surface area contributed by atoms with Gasteiger partial charge in [-0.2, -0.15) is 5.26 Å². The number of aromatic hydroxyl groups is 1. The molecule has 2 aromatic rings. The molecule has 0 radical (unpaired) electrons. The number of pyridine rings is 1. The summed E-state index contributed by atoms with van der Waals surface area (Å²) in [6, 6.07) is 6.45. The van der Waals surface area contributed by atoms with Gasteiger partial charge < -0.3 is 14.8 Å². The first-order chi connectivity index (χ1) is 9.49. The molecule has 5 nitrogen and oxygen atoms in total. The van der Waals surface area contributed by atoms with Crippen molar-refractivity contribution in [3.05, 3.63) is 44.8 Å². The SMILES string of the molecule is COc1c(O)ccc(-c2cc(C)[nH]c(=O)c2C#N)c1Cl. The van der Waals surface area contributed by atoms with Crippen molar-refractivity contribution in [2.75, 3.05) is 7.11 Å². The van der Waals surface area contributed by atoms with E-state index >= 15 is 0 Å². The number of aromatic nitrogens is 1. The molecule has 0 aliphatic heterocycles. The zero-order valence-electron chi connectivity index (χ0n) is 10.8. The highest BCUT2D eigenvalue weighted by Crippen LogP contribution is 2.41. The largest absolute Gasteiger partial charge is 0.504 e. The molecule has 0 fully saturated rings. The molecule has 0 amide bonds. The predicted octanol–water partition coefficient (Wildman–Crippen LogP) is 2.59. The maximum Gasteiger partial charge on any atom is 0.266 e. The van der Waals surface area contributed by atoms with Gasteiger partial charge in [0.15, 0.2) is 11.5 Å². The summed E-state index contributed by atoms with van der Waals surface area (Å²) in [6.07, 6.45) is 0. The standard InChI is InChI=1S/C14H11ClN2O3/c1-7-5-9(10(6-16)14(19)17-7)8-3-4-11(18)13(20-2)12(8)15/h3-5,18H,1-2H3,(H,17,19). The molecular weight excluding hydrogens is 280 g/mol. The van der Waals surface area contributed by atoms with Crippen LogP contribution >= 0.6 is 11.6 Å². The van der Waals surface area contributed by atoms with Crippen molar-refractivity contribution in [1.82, 2.24) is 4.98 Å². The van der Waals surface area contributed by atoms with Crippen molar-refractivity contribution >= 4 is 11.6 Å². The number of nitrogens with one attached hydrogen (secondary N) is 1. The summed E-state index contributed by atoms with van der Waals surface area (Å²) in [5.41, 5.74) is 0.937. The number of aromatic amines is 1. The van der Waals surface area contributed by atoms with Crippen LogP contribution in [0.2, 0.25) is 5.02 Å². The number of hydrogen-bond acceptors (Lipinski definition) is 4. The van der Waals surface area contributed by atoms with E-state index < -0.39 is 5.56 Å². The minimum Gasteiger partial charge on any atom is -0.504 e. The van der Waals surface area contributed by atoms with Gasteiger partial charge >= 0.3 is 0 Å². The number of phenolic OH excluding ortho intramolecular Hbond substituents is 1. The number of phenols is 1. The Bertz CT molecular complexity index is 775. The summed E-state index contributed by atoms with van der Waals surface area (Å²) in [4.78, 5) is 14.4. The van der Waals surface area contributed by atoms with E-state index in [-0.39, 0.29) is 22.1 Å². The third kappa shape index (κ3) is 2.22. The quantitative estimate of drug-likeness (QED) is 0.890. The summed E-state index contributed by atoms with van der Waals surface area (Å²) < 4.78 is 5.02. The van der Waals surface area contributed by atoms with E-state index in [0.29, 0.717) is 16.8 Å². The third-order valence-electron chi connectivity index (χ3n) is 2.85. The van der Waals surface area contributed by atoms with E-state index in [1.807, 2.05) is 6.07 Å². The van der Waals surface area contributed by atoms with Crippen LogP contribution in [0.5, 0.6) is 11.5 Å². The first-order valence-electron chi connectivity index (χ1n) is 5.69. The van der Waals surface area contributed by atoms with Crippen molar-refractivity contribution in [3.63, 3.8) is 0 Å². The van der Waals surface area contributed by atoms with E-state index in [4.69, 9.17) is 21.6 Å². The minimum atomic E-state index is -0.481. The van der Waals surface area contributed by atoms with Crippen molar-refractivity contribution in [2.45, 2.75) is 6.92 Å².